The Morgan fingerprint density at radius 1 is 1.21 bits per heavy atom. The lowest BCUT2D eigenvalue weighted by Crippen LogP contribution is -2.29. The minimum Gasteiger partial charge on any atom is -0.468 e. The van der Waals surface area contributed by atoms with Gasteiger partial charge in [-0.25, -0.2) is 9.37 Å². The highest BCUT2D eigenvalue weighted by atomic mass is 32.2. The molecule has 150 valence electrons. The number of anilines is 1. The Labute approximate surface area is 169 Å². The molecule has 0 aliphatic heterocycles. The van der Waals surface area contributed by atoms with Gasteiger partial charge in [0.15, 0.2) is 5.16 Å². The molecular formula is C20H18FN3O4S. The highest BCUT2D eigenvalue weighted by molar-refractivity contribution is 8.00. The van der Waals surface area contributed by atoms with E-state index in [1.54, 1.807) is 37.3 Å². The van der Waals surface area contributed by atoms with Gasteiger partial charge in [0, 0.05) is 0 Å². The number of para-hydroxylation sites is 2. The maximum absolute atomic E-state index is 13.8. The normalized spacial score (nSPS) is 11.8. The van der Waals surface area contributed by atoms with Gasteiger partial charge >= 0.3 is 5.97 Å². The van der Waals surface area contributed by atoms with Gasteiger partial charge in [-0.15, -0.1) is 0 Å². The summed E-state index contributed by atoms with van der Waals surface area (Å²) in [6.45, 7) is 1.27. The van der Waals surface area contributed by atoms with Crippen LogP contribution in [0.1, 0.15) is 6.92 Å². The molecule has 0 fully saturated rings. The fraction of sp³-hybridized carbons (Fsp3) is 0.200. The first-order valence-corrected chi connectivity index (χ1v) is 9.57. The van der Waals surface area contributed by atoms with Gasteiger partial charge < -0.3 is 10.1 Å². The Bertz CT molecular complexity index is 1130. The van der Waals surface area contributed by atoms with Gasteiger partial charge in [-0.2, -0.15) is 0 Å². The van der Waals surface area contributed by atoms with Crippen LogP contribution in [0.5, 0.6) is 0 Å². The van der Waals surface area contributed by atoms with E-state index < -0.39 is 28.5 Å². The second-order valence-corrected chi connectivity index (χ2v) is 7.42. The smallest absolute Gasteiger partial charge is 0.325 e. The third-order valence-corrected chi connectivity index (χ3v) is 5.21. The molecule has 0 saturated heterocycles. The molecule has 9 heteroatoms. The van der Waals surface area contributed by atoms with E-state index in [0.717, 1.165) is 11.8 Å². The highest BCUT2D eigenvalue weighted by Crippen LogP contribution is 2.24. The van der Waals surface area contributed by atoms with Gasteiger partial charge in [0.25, 0.3) is 5.56 Å². The standard InChI is InChI=1S/C20H18FN3O4S/c1-12(18(26)22-16-10-6-4-8-14(16)21)29-20-23-15-9-5-3-7-13(15)19(27)24(20)11-17(25)28-2/h3-10,12H,11H2,1-2H3,(H,22,26)/t12-/m0/s1. The fourth-order valence-electron chi connectivity index (χ4n) is 2.58. The number of ether oxygens (including phenoxy) is 1. The van der Waals surface area contributed by atoms with Crippen molar-refractivity contribution < 1.29 is 18.7 Å². The van der Waals surface area contributed by atoms with Crippen molar-refractivity contribution in [3.8, 4) is 0 Å². The van der Waals surface area contributed by atoms with E-state index in [0.29, 0.717) is 10.9 Å². The average molecular weight is 415 g/mol. The average Bonchev–Trinajstić information content (AvgIpc) is 2.72. The van der Waals surface area contributed by atoms with E-state index in [1.807, 2.05) is 0 Å². The molecule has 2 aromatic carbocycles. The predicted molar refractivity (Wildman–Crippen MR) is 108 cm³/mol. The minimum atomic E-state index is -0.716. The fourth-order valence-corrected chi connectivity index (χ4v) is 3.49. The number of methoxy groups -OCH3 is 1. The van der Waals surface area contributed by atoms with Crippen molar-refractivity contribution in [2.45, 2.75) is 23.9 Å². The summed E-state index contributed by atoms with van der Waals surface area (Å²) in [7, 11) is 1.22. The summed E-state index contributed by atoms with van der Waals surface area (Å²) in [6.07, 6.45) is 0. The molecule has 1 heterocycles. The predicted octanol–water partition coefficient (Wildman–Crippen LogP) is 2.83. The number of nitrogens with one attached hydrogen (secondary N) is 1. The molecule has 0 saturated carbocycles. The first kappa shape index (κ1) is 20.5. The number of hydrogen-bond acceptors (Lipinski definition) is 6. The van der Waals surface area contributed by atoms with Gasteiger partial charge in [0.2, 0.25) is 5.91 Å². The van der Waals surface area contributed by atoms with Crippen molar-refractivity contribution in [1.29, 1.82) is 0 Å². The number of hydrogen-bond donors (Lipinski definition) is 1. The van der Waals surface area contributed by atoms with E-state index in [4.69, 9.17) is 0 Å². The van der Waals surface area contributed by atoms with Crippen molar-refractivity contribution in [3.05, 3.63) is 64.7 Å². The quantitative estimate of drug-likeness (QED) is 0.378. The van der Waals surface area contributed by atoms with E-state index >= 15 is 0 Å². The molecule has 0 spiro atoms. The Morgan fingerprint density at radius 3 is 2.62 bits per heavy atom. The van der Waals surface area contributed by atoms with Crippen LogP contribution in [0.3, 0.4) is 0 Å². The van der Waals surface area contributed by atoms with Crippen LogP contribution in [0.4, 0.5) is 10.1 Å². The van der Waals surface area contributed by atoms with Gasteiger partial charge in [0.1, 0.15) is 12.4 Å². The summed E-state index contributed by atoms with van der Waals surface area (Å²) in [5, 5.41) is 2.34. The zero-order chi connectivity index (χ0) is 21.0. The van der Waals surface area contributed by atoms with E-state index in [1.165, 1.54) is 29.9 Å². The molecule has 1 amide bonds. The number of esters is 1. The lowest BCUT2D eigenvalue weighted by atomic mass is 10.2. The number of carbonyl (C=O) groups is 2. The maximum atomic E-state index is 13.8. The zero-order valence-corrected chi connectivity index (χ0v) is 16.5. The van der Waals surface area contributed by atoms with E-state index in [9.17, 15) is 18.8 Å². The number of thioether (sulfide) groups is 1. The number of amides is 1. The van der Waals surface area contributed by atoms with Crippen molar-refractivity contribution in [1.82, 2.24) is 9.55 Å². The SMILES string of the molecule is COC(=O)Cn1c(S[C@@H](C)C(=O)Nc2ccccc2F)nc2ccccc2c1=O. The first-order valence-electron chi connectivity index (χ1n) is 8.69. The number of aromatic nitrogens is 2. The molecule has 7 nitrogen and oxygen atoms in total. The summed E-state index contributed by atoms with van der Waals surface area (Å²) < 4.78 is 19.6. The topological polar surface area (TPSA) is 90.3 Å². The second-order valence-electron chi connectivity index (χ2n) is 6.11. The minimum absolute atomic E-state index is 0.0587. The molecule has 0 bridgehead atoms. The van der Waals surface area contributed by atoms with Crippen molar-refractivity contribution in [2.24, 2.45) is 0 Å². The lowest BCUT2D eigenvalue weighted by molar-refractivity contribution is -0.141. The van der Waals surface area contributed by atoms with E-state index in [-0.39, 0.29) is 17.4 Å². The molecule has 1 N–H and O–H groups in total. The molecule has 0 aliphatic carbocycles. The number of fused-ring (bicyclic) bond motifs is 1. The van der Waals surface area contributed by atoms with Crippen LogP contribution in [-0.2, 0) is 20.9 Å². The highest BCUT2D eigenvalue weighted by Gasteiger charge is 2.21. The molecule has 29 heavy (non-hydrogen) atoms. The van der Waals surface area contributed by atoms with Crippen molar-refractivity contribution >= 4 is 40.2 Å². The third kappa shape index (κ3) is 4.62. The number of rotatable bonds is 6. The number of benzene rings is 2. The van der Waals surface area contributed by atoms with Crippen LogP contribution < -0.4 is 10.9 Å². The third-order valence-electron chi connectivity index (χ3n) is 4.12. The summed E-state index contributed by atoms with van der Waals surface area (Å²) in [4.78, 5) is 41.6. The number of halogens is 1. The van der Waals surface area contributed by atoms with Gasteiger partial charge in [-0.1, -0.05) is 36.0 Å². The van der Waals surface area contributed by atoms with Crippen LogP contribution in [-0.4, -0.2) is 33.8 Å². The molecule has 0 radical (unpaired) electrons. The van der Waals surface area contributed by atoms with Crippen LogP contribution in [0.2, 0.25) is 0 Å². The zero-order valence-electron chi connectivity index (χ0n) is 15.7. The lowest BCUT2D eigenvalue weighted by Gasteiger charge is -2.16. The van der Waals surface area contributed by atoms with Gasteiger partial charge in [-0.3, -0.25) is 19.0 Å². The summed E-state index contributed by atoms with van der Waals surface area (Å²) in [5.74, 6) is -1.63. The Morgan fingerprint density at radius 2 is 1.90 bits per heavy atom. The van der Waals surface area contributed by atoms with Crippen molar-refractivity contribution in [2.75, 3.05) is 12.4 Å². The van der Waals surface area contributed by atoms with Crippen LogP contribution >= 0.6 is 11.8 Å². The Hall–Kier alpha value is -3.20. The van der Waals surface area contributed by atoms with Gasteiger partial charge in [0.05, 0.1) is 29.0 Å². The molecule has 0 unspecified atom stereocenters. The second kappa shape index (κ2) is 8.87. The van der Waals surface area contributed by atoms with Crippen LogP contribution in [0.25, 0.3) is 10.9 Å². The molecule has 1 aromatic heterocycles. The molecule has 3 aromatic rings. The number of carbonyl (C=O) groups excluding carboxylic acids is 2. The Balaban J connectivity index is 1.92. The summed E-state index contributed by atoms with van der Waals surface area (Å²) in [6, 6.07) is 12.5. The summed E-state index contributed by atoms with van der Waals surface area (Å²) >= 11 is 0.994. The van der Waals surface area contributed by atoms with Crippen molar-refractivity contribution in [3.63, 3.8) is 0 Å². The van der Waals surface area contributed by atoms with E-state index in [2.05, 4.69) is 15.0 Å². The van der Waals surface area contributed by atoms with Crippen LogP contribution in [0.15, 0.2) is 58.5 Å². The molecule has 1 atom stereocenters. The molecule has 3 rings (SSSR count). The monoisotopic (exact) mass is 415 g/mol. The molecular weight excluding hydrogens is 397 g/mol. The number of nitrogens with zero attached hydrogens (tertiary/aromatic N) is 2. The summed E-state index contributed by atoms with van der Waals surface area (Å²) in [5.41, 5.74) is 0.0939. The first-order chi connectivity index (χ1) is 13.9. The van der Waals surface area contributed by atoms with Crippen LogP contribution in [0, 0.1) is 5.82 Å². The maximum Gasteiger partial charge on any atom is 0.325 e. The Kier molecular flexibility index (Phi) is 6.28. The van der Waals surface area contributed by atoms with Gasteiger partial charge in [-0.05, 0) is 31.2 Å². The molecule has 0 aliphatic rings. The largest absolute Gasteiger partial charge is 0.468 e.